The van der Waals surface area contributed by atoms with Crippen LogP contribution in [0.3, 0.4) is 0 Å². The molecule has 1 aromatic rings. The average Bonchev–Trinajstić information content (AvgIpc) is 2.38. The van der Waals surface area contributed by atoms with Crippen LogP contribution >= 0.6 is 11.3 Å². The van der Waals surface area contributed by atoms with Crippen LogP contribution in [0, 0.1) is 0 Å². The van der Waals surface area contributed by atoms with E-state index in [0.29, 0.717) is 6.54 Å². The number of aliphatic hydroxyl groups excluding tert-OH is 1. The van der Waals surface area contributed by atoms with Gasteiger partial charge in [-0.1, -0.05) is 0 Å². The van der Waals surface area contributed by atoms with Gasteiger partial charge in [0.05, 0.1) is 6.10 Å². The SMILES string of the molecule is CNCC(O)c1ccsc1. The molecule has 1 rings (SSSR count). The van der Waals surface area contributed by atoms with Crippen molar-refractivity contribution in [1.29, 1.82) is 0 Å². The molecule has 2 nitrogen and oxygen atoms in total. The van der Waals surface area contributed by atoms with E-state index >= 15 is 0 Å². The quantitative estimate of drug-likeness (QED) is 0.686. The van der Waals surface area contributed by atoms with Gasteiger partial charge in [-0.05, 0) is 29.4 Å². The number of hydrogen-bond donors (Lipinski definition) is 2. The van der Waals surface area contributed by atoms with E-state index in [9.17, 15) is 5.11 Å². The van der Waals surface area contributed by atoms with Crippen molar-refractivity contribution in [3.8, 4) is 0 Å². The molecule has 0 radical (unpaired) electrons. The average molecular weight is 157 g/mol. The maximum absolute atomic E-state index is 9.35. The maximum Gasteiger partial charge on any atom is 0.0922 e. The monoisotopic (exact) mass is 157 g/mol. The molecule has 1 aromatic heterocycles. The van der Waals surface area contributed by atoms with Gasteiger partial charge in [-0.2, -0.15) is 11.3 Å². The van der Waals surface area contributed by atoms with Gasteiger partial charge in [0, 0.05) is 6.54 Å². The first-order valence-corrected chi connectivity index (χ1v) is 4.13. The minimum Gasteiger partial charge on any atom is -0.387 e. The molecule has 10 heavy (non-hydrogen) atoms. The van der Waals surface area contributed by atoms with Gasteiger partial charge < -0.3 is 10.4 Å². The van der Waals surface area contributed by atoms with Gasteiger partial charge in [-0.25, -0.2) is 0 Å². The molecule has 1 unspecified atom stereocenters. The van der Waals surface area contributed by atoms with Crippen LogP contribution in [0.25, 0.3) is 0 Å². The van der Waals surface area contributed by atoms with Crippen molar-refractivity contribution in [2.45, 2.75) is 6.10 Å². The summed E-state index contributed by atoms with van der Waals surface area (Å²) in [4.78, 5) is 0. The topological polar surface area (TPSA) is 32.3 Å². The summed E-state index contributed by atoms with van der Waals surface area (Å²) in [6.45, 7) is 0.622. The Hall–Kier alpha value is -0.380. The molecule has 0 saturated heterocycles. The third kappa shape index (κ3) is 1.80. The number of likely N-dealkylation sites (N-methyl/N-ethyl adjacent to an activating group) is 1. The van der Waals surface area contributed by atoms with E-state index in [1.54, 1.807) is 11.3 Å². The number of aliphatic hydroxyl groups is 1. The number of hydrogen-bond acceptors (Lipinski definition) is 3. The lowest BCUT2D eigenvalue weighted by atomic mass is 10.2. The molecule has 0 aliphatic carbocycles. The van der Waals surface area contributed by atoms with Crippen LogP contribution in [0.15, 0.2) is 16.8 Å². The predicted molar refractivity (Wildman–Crippen MR) is 43.2 cm³/mol. The first-order valence-electron chi connectivity index (χ1n) is 3.19. The molecule has 1 atom stereocenters. The van der Waals surface area contributed by atoms with Gasteiger partial charge in [0.1, 0.15) is 0 Å². The van der Waals surface area contributed by atoms with Crippen molar-refractivity contribution >= 4 is 11.3 Å². The van der Waals surface area contributed by atoms with Gasteiger partial charge in [-0.3, -0.25) is 0 Å². The zero-order chi connectivity index (χ0) is 7.40. The number of rotatable bonds is 3. The predicted octanol–water partition coefficient (Wildman–Crippen LogP) is 1.00. The Balaban J connectivity index is 2.50. The number of nitrogens with one attached hydrogen (secondary N) is 1. The molecule has 0 bridgehead atoms. The van der Waals surface area contributed by atoms with Crippen LogP contribution in [0.2, 0.25) is 0 Å². The molecule has 0 aliphatic heterocycles. The molecule has 3 heteroatoms. The summed E-state index contributed by atoms with van der Waals surface area (Å²) >= 11 is 1.61. The van der Waals surface area contributed by atoms with E-state index in [2.05, 4.69) is 5.32 Å². The molecule has 0 fully saturated rings. The van der Waals surface area contributed by atoms with Crippen LogP contribution in [0.1, 0.15) is 11.7 Å². The zero-order valence-electron chi connectivity index (χ0n) is 5.87. The standard InChI is InChI=1S/C7H11NOS/c1-8-4-7(9)6-2-3-10-5-6/h2-3,5,7-9H,4H2,1H3. The summed E-state index contributed by atoms with van der Waals surface area (Å²) in [5.41, 5.74) is 0.999. The van der Waals surface area contributed by atoms with Gasteiger partial charge in [-0.15, -0.1) is 0 Å². The van der Waals surface area contributed by atoms with Crippen molar-refractivity contribution in [3.05, 3.63) is 22.4 Å². The summed E-state index contributed by atoms with van der Waals surface area (Å²) in [5, 5.41) is 16.2. The van der Waals surface area contributed by atoms with Gasteiger partial charge in [0.25, 0.3) is 0 Å². The molecule has 1 heterocycles. The Morgan fingerprint density at radius 1 is 1.80 bits per heavy atom. The van der Waals surface area contributed by atoms with Crippen LogP contribution in [0.4, 0.5) is 0 Å². The van der Waals surface area contributed by atoms with E-state index in [0.717, 1.165) is 5.56 Å². The second-order valence-corrected chi connectivity index (χ2v) is 2.91. The van der Waals surface area contributed by atoms with Crippen LogP contribution in [-0.2, 0) is 0 Å². The van der Waals surface area contributed by atoms with Crippen molar-refractivity contribution in [2.75, 3.05) is 13.6 Å². The Bertz CT molecular complexity index is 174. The van der Waals surface area contributed by atoms with Crippen molar-refractivity contribution in [3.63, 3.8) is 0 Å². The van der Waals surface area contributed by atoms with Crippen LogP contribution in [-0.4, -0.2) is 18.7 Å². The lowest BCUT2D eigenvalue weighted by Crippen LogP contribution is -2.15. The third-order valence-electron chi connectivity index (χ3n) is 1.33. The molecule has 0 spiro atoms. The largest absolute Gasteiger partial charge is 0.387 e. The van der Waals surface area contributed by atoms with E-state index in [4.69, 9.17) is 0 Å². The van der Waals surface area contributed by atoms with E-state index in [1.165, 1.54) is 0 Å². The summed E-state index contributed by atoms with van der Waals surface area (Å²) in [6.07, 6.45) is -0.351. The summed E-state index contributed by atoms with van der Waals surface area (Å²) in [6, 6.07) is 1.94. The molecule has 2 N–H and O–H groups in total. The summed E-state index contributed by atoms with van der Waals surface area (Å²) in [5.74, 6) is 0. The Morgan fingerprint density at radius 2 is 2.60 bits per heavy atom. The number of thiophene rings is 1. The fraction of sp³-hybridized carbons (Fsp3) is 0.429. The Kier molecular flexibility index (Phi) is 2.86. The summed E-state index contributed by atoms with van der Waals surface area (Å²) in [7, 11) is 1.83. The minimum atomic E-state index is -0.351. The fourth-order valence-electron chi connectivity index (χ4n) is 0.776. The molecule has 0 saturated carbocycles. The molecular weight excluding hydrogens is 146 g/mol. The zero-order valence-corrected chi connectivity index (χ0v) is 6.69. The van der Waals surface area contributed by atoms with E-state index in [-0.39, 0.29) is 6.10 Å². The normalized spacial score (nSPS) is 13.4. The third-order valence-corrected chi connectivity index (χ3v) is 2.03. The second-order valence-electron chi connectivity index (χ2n) is 2.13. The fourth-order valence-corrected chi connectivity index (χ4v) is 1.48. The smallest absolute Gasteiger partial charge is 0.0922 e. The highest BCUT2D eigenvalue weighted by Crippen LogP contribution is 2.14. The molecule has 0 aliphatic rings. The molecule has 0 aromatic carbocycles. The van der Waals surface area contributed by atoms with Crippen molar-refractivity contribution < 1.29 is 5.11 Å². The highest BCUT2D eigenvalue weighted by molar-refractivity contribution is 7.07. The second kappa shape index (κ2) is 3.71. The van der Waals surface area contributed by atoms with Gasteiger partial charge in [0.2, 0.25) is 0 Å². The Labute approximate surface area is 64.5 Å². The van der Waals surface area contributed by atoms with Gasteiger partial charge >= 0.3 is 0 Å². The molecule has 0 amide bonds. The van der Waals surface area contributed by atoms with Crippen LogP contribution < -0.4 is 5.32 Å². The van der Waals surface area contributed by atoms with E-state index in [1.807, 2.05) is 23.9 Å². The lowest BCUT2D eigenvalue weighted by molar-refractivity contribution is 0.178. The lowest BCUT2D eigenvalue weighted by Gasteiger charge is -2.05. The highest BCUT2D eigenvalue weighted by atomic mass is 32.1. The van der Waals surface area contributed by atoms with E-state index < -0.39 is 0 Å². The minimum absolute atomic E-state index is 0.351. The van der Waals surface area contributed by atoms with Crippen molar-refractivity contribution in [2.24, 2.45) is 0 Å². The van der Waals surface area contributed by atoms with Crippen molar-refractivity contribution in [1.82, 2.24) is 5.32 Å². The molecule has 56 valence electrons. The molecular formula is C7H11NOS. The highest BCUT2D eigenvalue weighted by Gasteiger charge is 2.04. The van der Waals surface area contributed by atoms with Crippen LogP contribution in [0.5, 0.6) is 0 Å². The van der Waals surface area contributed by atoms with Gasteiger partial charge in [0.15, 0.2) is 0 Å². The summed E-state index contributed by atoms with van der Waals surface area (Å²) < 4.78 is 0. The maximum atomic E-state index is 9.35. The first-order chi connectivity index (χ1) is 4.84. The first kappa shape index (κ1) is 7.72. The Morgan fingerprint density at radius 3 is 3.10 bits per heavy atom.